The van der Waals surface area contributed by atoms with Gasteiger partial charge in [-0.1, -0.05) is 6.58 Å². The minimum atomic E-state index is 0.511. The summed E-state index contributed by atoms with van der Waals surface area (Å²) in [5.41, 5.74) is 6.77. The maximum Gasteiger partial charge on any atom is 0.222 e. The molecule has 32 heavy (non-hydrogen) atoms. The first-order valence-corrected chi connectivity index (χ1v) is 11.0. The average Bonchev–Trinajstić information content (AvgIpc) is 3.47. The Morgan fingerprint density at radius 1 is 1.16 bits per heavy atom. The second-order valence-electron chi connectivity index (χ2n) is 8.17. The van der Waals surface area contributed by atoms with E-state index >= 15 is 0 Å². The van der Waals surface area contributed by atoms with Crippen LogP contribution in [-0.2, 0) is 4.74 Å². The Morgan fingerprint density at radius 3 is 2.62 bits per heavy atom. The maximum atomic E-state index is 5.50. The van der Waals surface area contributed by atoms with Crippen LogP contribution >= 0.6 is 0 Å². The zero-order valence-electron chi connectivity index (χ0n) is 18.2. The number of aromatic amines is 1. The van der Waals surface area contributed by atoms with Gasteiger partial charge in [-0.05, 0) is 54.7 Å². The Hall–Kier alpha value is -3.52. The molecule has 1 aliphatic heterocycles. The van der Waals surface area contributed by atoms with E-state index in [-0.39, 0.29) is 0 Å². The van der Waals surface area contributed by atoms with E-state index in [0.29, 0.717) is 25.2 Å². The number of H-pyrrole nitrogens is 1. The first-order valence-electron chi connectivity index (χ1n) is 11.0. The molecule has 8 nitrogen and oxygen atoms in total. The third-order valence-corrected chi connectivity index (χ3v) is 5.85. The van der Waals surface area contributed by atoms with Crippen LogP contribution in [0, 0.1) is 6.92 Å². The van der Waals surface area contributed by atoms with Gasteiger partial charge in [0.1, 0.15) is 0 Å². The van der Waals surface area contributed by atoms with Crippen LogP contribution < -0.4 is 5.32 Å². The molecule has 0 bridgehead atoms. The van der Waals surface area contributed by atoms with Gasteiger partial charge < -0.3 is 15.0 Å². The predicted octanol–water partition coefficient (Wildman–Crippen LogP) is 3.42. The number of nitrogens with zero attached hydrogens (tertiary/aromatic N) is 5. The van der Waals surface area contributed by atoms with Crippen LogP contribution in [0.1, 0.15) is 29.5 Å². The fraction of sp³-hybridized carbons (Fsp3) is 0.333. The molecule has 0 aromatic carbocycles. The Labute approximate surface area is 187 Å². The summed E-state index contributed by atoms with van der Waals surface area (Å²) in [4.78, 5) is 16.0. The zero-order valence-corrected chi connectivity index (χ0v) is 18.2. The van der Waals surface area contributed by atoms with E-state index in [2.05, 4.69) is 54.9 Å². The Kier molecular flexibility index (Phi) is 5.68. The molecule has 0 atom stereocenters. The van der Waals surface area contributed by atoms with Crippen molar-refractivity contribution in [1.29, 1.82) is 0 Å². The van der Waals surface area contributed by atoms with Gasteiger partial charge in [-0.15, -0.1) is 0 Å². The molecule has 2 aliphatic rings. The fourth-order valence-corrected chi connectivity index (χ4v) is 3.86. The quantitative estimate of drug-likeness (QED) is 0.556. The molecule has 0 unspecified atom stereocenters. The maximum absolute atomic E-state index is 5.50. The summed E-state index contributed by atoms with van der Waals surface area (Å²) in [6.45, 7) is 9.51. The van der Waals surface area contributed by atoms with Crippen molar-refractivity contribution >= 4 is 11.5 Å². The third kappa shape index (κ3) is 4.40. The molecule has 1 saturated carbocycles. The Bertz CT molecular complexity index is 1110. The lowest BCUT2D eigenvalue weighted by molar-refractivity contribution is 0.0556. The fourth-order valence-electron chi connectivity index (χ4n) is 3.86. The number of hydrogen-bond acceptors (Lipinski definition) is 7. The lowest BCUT2D eigenvalue weighted by atomic mass is 9.94. The number of ether oxygens (including phenoxy) is 1. The van der Waals surface area contributed by atoms with Crippen LogP contribution in [0.3, 0.4) is 0 Å². The first kappa shape index (κ1) is 20.4. The highest BCUT2D eigenvalue weighted by molar-refractivity contribution is 5.84. The Balaban J connectivity index is 1.54. The molecule has 0 radical (unpaired) electrons. The molecular formula is C24H27N7O. The van der Waals surface area contributed by atoms with Gasteiger partial charge in [0.15, 0.2) is 0 Å². The standard InChI is InChI=1S/C24H27N7O/c1-16(31-9-11-32-12-10-31)13-21(18-14-26-24(27-15-18)29-19-3-4-19)20-5-7-25-23(17(20)2)22-6-8-28-30-22/h5-8,13-15,19H,1,3-4,9-12H2,2H3,(H,28,30)(H,26,27,29)/b21-13-. The number of hydrogen-bond donors (Lipinski definition) is 2. The summed E-state index contributed by atoms with van der Waals surface area (Å²) in [5.74, 6) is 0.673. The van der Waals surface area contributed by atoms with E-state index in [1.807, 2.05) is 30.7 Å². The highest BCUT2D eigenvalue weighted by atomic mass is 16.5. The van der Waals surface area contributed by atoms with E-state index in [1.54, 1.807) is 6.20 Å². The van der Waals surface area contributed by atoms with Crippen molar-refractivity contribution in [3.63, 3.8) is 0 Å². The molecule has 1 aliphatic carbocycles. The van der Waals surface area contributed by atoms with Crippen molar-refractivity contribution in [2.75, 3.05) is 31.6 Å². The van der Waals surface area contributed by atoms with Gasteiger partial charge in [-0.25, -0.2) is 9.97 Å². The smallest absolute Gasteiger partial charge is 0.222 e. The van der Waals surface area contributed by atoms with E-state index in [9.17, 15) is 0 Å². The van der Waals surface area contributed by atoms with Crippen molar-refractivity contribution in [2.45, 2.75) is 25.8 Å². The molecule has 3 aromatic rings. The summed E-state index contributed by atoms with van der Waals surface area (Å²) >= 11 is 0. The lowest BCUT2D eigenvalue weighted by Crippen LogP contribution is -2.34. The predicted molar refractivity (Wildman–Crippen MR) is 124 cm³/mol. The number of allylic oxidation sites excluding steroid dienone is 1. The summed E-state index contributed by atoms with van der Waals surface area (Å²) in [5, 5.41) is 10.5. The minimum Gasteiger partial charge on any atom is -0.378 e. The summed E-state index contributed by atoms with van der Waals surface area (Å²) < 4.78 is 5.50. The highest BCUT2D eigenvalue weighted by Crippen LogP contribution is 2.32. The molecule has 5 rings (SSSR count). The second-order valence-corrected chi connectivity index (χ2v) is 8.17. The summed E-state index contributed by atoms with van der Waals surface area (Å²) in [6, 6.07) is 4.47. The Morgan fingerprint density at radius 2 is 1.94 bits per heavy atom. The van der Waals surface area contributed by atoms with Crippen molar-refractivity contribution in [2.24, 2.45) is 0 Å². The third-order valence-electron chi connectivity index (χ3n) is 5.85. The van der Waals surface area contributed by atoms with Crippen LogP contribution in [0.5, 0.6) is 0 Å². The van der Waals surface area contributed by atoms with Gasteiger partial charge in [0.05, 0.1) is 24.6 Å². The van der Waals surface area contributed by atoms with Crippen LogP contribution in [0.4, 0.5) is 5.95 Å². The largest absolute Gasteiger partial charge is 0.378 e. The molecule has 2 N–H and O–H groups in total. The number of aromatic nitrogens is 5. The van der Waals surface area contributed by atoms with Gasteiger partial charge in [-0.2, -0.15) is 5.10 Å². The lowest BCUT2D eigenvalue weighted by Gasteiger charge is -2.29. The number of pyridine rings is 1. The van der Waals surface area contributed by atoms with Gasteiger partial charge in [0.25, 0.3) is 0 Å². The number of nitrogens with one attached hydrogen (secondary N) is 2. The van der Waals surface area contributed by atoms with Crippen molar-refractivity contribution in [3.05, 3.63) is 72.0 Å². The molecule has 2 fully saturated rings. The minimum absolute atomic E-state index is 0.511. The van der Waals surface area contributed by atoms with Crippen molar-refractivity contribution < 1.29 is 4.74 Å². The number of anilines is 1. The molecule has 4 heterocycles. The molecular weight excluding hydrogens is 402 g/mol. The van der Waals surface area contributed by atoms with Gasteiger partial charge >= 0.3 is 0 Å². The van der Waals surface area contributed by atoms with Crippen LogP contribution in [-0.4, -0.2) is 62.4 Å². The number of rotatable bonds is 7. The van der Waals surface area contributed by atoms with Gasteiger partial charge in [0, 0.05) is 55.2 Å². The average molecular weight is 430 g/mol. The number of morpholine rings is 1. The first-order chi connectivity index (χ1) is 15.7. The summed E-state index contributed by atoms with van der Waals surface area (Å²) in [7, 11) is 0. The highest BCUT2D eigenvalue weighted by Gasteiger charge is 2.22. The molecule has 0 amide bonds. The summed E-state index contributed by atoms with van der Waals surface area (Å²) in [6.07, 6.45) is 11.8. The van der Waals surface area contributed by atoms with E-state index in [4.69, 9.17) is 4.74 Å². The van der Waals surface area contributed by atoms with Crippen LogP contribution in [0.25, 0.3) is 17.0 Å². The van der Waals surface area contributed by atoms with Crippen LogP contribution in [0.2, 0.25) is 0 Å². The molecule has 0 spiro atoms. The van der Waals surface area contributed by atoms with Crippen molar-refractivity contribution in [3.8, 4) is 11.4 Å². The molecule has 1 saturated heterocycles. The molecule has 3 aromatic heterocycles. The van der Waals surface area contributed by atoms with Gasteiger partial charge in [0.2, 0.25) is 5.95 Å². The topological polar surface area (TPSA) is 91.8 Å². The van der Waals surface area contributed by atoms with Crippen molar-refractivity contribution in [1.82, 2.24) is 30.0 Å². The second kappa shape index (κ2) is 8.92. The normalized spacial score (nSPS) is 16.8. The molecule has 164 valence electrons. The van der Waals surface area contributed by atoms with Gasteiger partial charge in [-0.3, -0.25) is 10.1 Å². The van der Waals surface area contributed by atoms with Crippen LogP contribution in [0.15, 0.2) is 55.3 Å². The SMILES string of the molecule is C=C(/C=C(/c1cnc(NC2CC2)nc1)c1ccnc(-c2ccn[nH]2)c1C)N1CCOCC1. The van der Waals surface area contributed by atoms with E-state index in [1.165, 1.54) is 12.8 Å². The molecule has 8 heteroatoms. The zero-order chi connectivity index (χ0) is 21.9. The van der Waals surface area contributed by atoms with E-state index in [0.717, 1.165) is 52.4 Å². The monoisotopic (exact) mass is 429 g/mol. The van der Waals surface area contributed by atoms with E-state index < -0.39 is 0 Å².